The molecular formula is C30H31N3O4. The highest BCUT2D eigenvalue weighted by molar-refractivity contribution is 6.21. The fraction of sp³-hybridized carbons (Fsp3) is 0.267. The van der Waals surface area contributed by atoms with Gasteiger partial charge < -0.3 is 10.2 Å². The van der Waals surface area contributed by atoms with Crippen LogP contribution >= 0.6 is 0 Å². The molecule has 1 atom stereocenters. The van der Waals surface area contributed by atoms with E-state index in [0.29, 0.717) is 24.0 Å². The Kier molecular flexibility index (Phi) is 8.13. The molecule has 0 radical (unpaired) electrons. The zero-order valence-corrected chi connectivity index (χ0v) is 21.1. The number of fused-ring (bicyclic) bond motifs is 1. The monoisotopic (exact) mass is 497 g/mol. The second kappa shape index (κ2) is 11.6. The lowest BCUT2D eigenvalue weighted by Crippen LogP contribution is -2.50. The van der Waals surface area contributed by atoms with Gasteiger partial charge in [0.05, 0.1) is 11.1 Å². The van der Waals surface area contributed by atoms with Crippen molar-refractivity contribution in [3.63, 3.8) is 0 Å². The van der Waals surface area contributed by atoms with Crippen molar-refractivity contribution in [2.75, 3.05) is 13.6 Å². The Morgan fingerprint density at radius 1 is 0.865 bits per heavy atom. The zero-order chi connectivity index (χ0) is 26.4. The lowest BCUT2D eigenvalue weighted by molar-refractivity contribution is -0.141. The van der Waals surface area contributed by atoms with Crippen molar-refractivity contribution in [3.05, 3.63) is 107 Å². The third kappa shape index (κ3) is 5.77. The first-order chi connectivity index (χ1) is 17.9. The second-order valence-corrected chi connectivity index (χ2v) is 9.18. The smallest absolute Gasteiger partial charge is 0.261 e. The lowest BCUT2D eigenvalue weighted by atomic mass is 10.0. The normalized spacial score (nSPS) is 13.3. The molecule has 1 heterocycles. The Labute approximate surface area is 217 Å². The number of nitrogens with zero attached hydrogens (tertiary/aromatic N) is 2. The number of carbonyl (C=O) groups is 4. The van der Waals surface area contributed by atoms with Crippen molar-refractivity contribution in [1.29, 1.82) is 0 Å². The van der Waals surface area contributed by atoms with Crippen molar-refractivity contribution in [1.82, 2.24) is 15.1 Å². The van der Waals surface area contributed by atoms with Crippen molar-refractivity contribution < 1.29 is 19.2 Å². The van der Waals surface area contributed by atoms with Crippen LogP contribution in [0.25, 0.3) is 0 Å². The maximum atomic E-state index is 13.6. The number of aryl methyl sites for hydroxylation is 1. The van der Waals surface area contributed by atoms with Gasteiger partial charge >= 0.3 is 0 Å². The molecule has 0 bridgehead atoms. The molecule has 3 aromatic rings. The first-order valence-electron chi connectivity index (χ1n) is 12.5. The van der Waals surface area contributed by atoms with Crippen LogP contribution in [0.5, 0.6) is 0 Å². The third-order valence-electron chi connectivity index (χ3n) is 6.77. The summed E-state index contributed by atoms with van der Waals surface area (Å²) in [5.74, 6) is -1.12. The van der Waals surface area contributed by atoms with E-state index in [2.05, 4.69) is 5.32 Å². The highest BCUT2D eigenvalue weighted by Gasteiger charge is 2.35. The fourth-order valence-electron chi connectivity index (χ4n) is 4.67. The lowest BCUT2D eigenvalue weighted by Gasteiger charge is -2.32. The Balaban J connectivity index is 1.52. The minimum absolute atomic E-state index is 0.0988. The summed E-state index contributed by atoms with van der Waals surface area (Å²) < 4.78 is 0. The molecule has 7 nitrogen and oxygen atoms in total. The molecule has 1 unspecified atom stereocenters. The Morgan fingerprint density at radius 2 is 1.46 bits per heavy atom. The van der Waals surface area contributed by atoms with E-state index < -0.39 is 6.04 Å². The molecule has 0 aromatic heterocycles. The molecule has 1 aliphatic heterocycles. The minimum atomic E-state index is -0.709. The molecule has 37 heavy (non-hydrogen) atoms. The molecule has 4 amide bonds. The molecule has 3 aromatic carbocycles. The van der Waals surface area contributed by atoms with E-state index in [0.717, 1.165) is 16.7 Å². The van der Waals surface area contributed by atoms with Gasteiger partial charge in [0.25, 0.3) is 11.8 Å². The zero-order valence-electron chi connectivity index (χ0n) is 21.1. The van der Waals surface area contributed by atoms with Crippen LogP contribution in [-0.4, -0.2) is 53.1 Å². The molecule has 190 valence electrons. The summed E-state index contributed by atoms with van der Waals surface area (Å²) in [7, 11) is 1.57. The van der Waals surface area contributed by atoms with Crippen LogP contribution in [0.3, 0.4) is 0 Å². The van der Waals surface area contributed by atoms with Crippen LogP contribution in [0.15, 0.2) is 78.9 Å². The molecule has 1 aliphatic rings. The Morgan fingerprint density at radius 3 is 2.08 bits per heavy atom. The van der Waals surface area contributed by atoms with Crippen LogP contribution in [0.2, 0.25) is 0 Å². The van der Waals surface area contributed by atoms with E-state index in [1.807, 2.05) is 61.5 Å². The van der Waals surface area contributed by atoms with Gasteiger partial charge in [0.1, 0.15) is 6.04 Å². The van der Waals surface area contributed by atoms with E-state index in [1.54, 1.807) is 36.2 Å². The molecule has 7 heteroatoms. The standard InChI is InChI=1S/C30H31N3O4/c1-21-11-6-7-14-23(21)20-33(26(28(35)31-2)19-22-12-4-3-5-13-22)27(34)17-10-18-32-29(36)24-15-8-9-16-25(24)30(32)37/h3-9,11-16,26H,10,17-20H2,1-2H3,(H,31,35). The van der Waals surface area contributed by atoms with Crippen molar-refractivity contribution in [2.45, 2.75) is 38.8 Å². The van der Waals surface area contributed by atoms with E-state index in [1.165, 1.54) is 4.90 Å². The van der Waals surface area contributed by atoms with E-state index in [9.17, 15) is 19.2 Å². The van der Waals surface area contributed by atoms with Gasteiger partial charge in [-0.25, -0.2) is 0 Å². The van der Waals surface area contributed by atoms with E-state index in [4.69, 9.17) is 0 Å². The van der Waals surface area contributed by atoms with Gasteiger partial charge in [-0.15, -0.1) is 0 Å². The summed E-state index contributed by atoms with van der Waals surface area (Å²) in [5, 5.41) is 2.71. The maximum Gasteiger partial charge on any atom is 0.261 e. The van der Waals surface area contributed by atoms with Crippen LogP contribution in [0.4, 0.5) is 0 Å². The van der Waals surface area contributed by atoms with Gasteiger partial charge in [-0.2, -0.15) is 0 Å². The summed E-state index contributed by atoms with van der Waals surface area (Å²) in [5.41, 5.74) is 3.72. The van der Waals surface area contributed by atoms with Gasteiger partial charge in [0.15, 0.2) is 0 Å². The van der Waals surface area contributed by atoms with Gasteiger partial charge in [-0.3, -0.25) is 24.1 Å². The van der Waals surface area contributed by atoms with Crippen molar-refractivity contribution in [2.24, 2.45) is 0 Å². The Bertz CT molecular complexity index is 1270. The summed E-state index contributed by atoms with van der Waals surface area (Å²) in [6.07, 6.45) is 0.776. The summed E-state index contributed by atoms with van der Waals surface area (Å²) in [6, 6.07) is 23.4. The quantitative estimate of drug-likeness (QED) is 0.432. The summed E-state index contributed by atoms with van der Waals surface area (Å²) >= 11 is 0. The first-order valence-corrected chi connectivity index (χ1v) is 12.5. The number of hydrogen-bond acceptors (Lipinski definition) is 4. The van der Waals surface area contributed by atoms with E-state index >= 15 is 0 Å². The molecule has 4 rings (SSSR count). The van der Waals surface area contributed by atoms with Gasteiger partial charge in [-0.1, -0.05) is 66.7 Å². The minimum Gasteiger partial charge on any atom is -0.357 e. The number of benzene rings is 3. The molecule has 1 N–H and O–H groups in total. The van der Waals surface area contributed by atoms with Crippen molar-refractivity contribution >= 4 is 23.6 Å². The summed E-state index contributed by atoms with van der Waals surface area (Å²) in [6.45, 7) is 2.40. The third-order valence-corrected chi connectivity index (χ3v) is 6.77. The molecular weight excluding hydrogens is 466 g/mol. The number of amides is 4. The number of hydrogen-bond donors (Lipinski definition) is 1. The highest BCUT2D eigenvalue weighted by atomic mass is 16.2. The molecule has 0 spiro atoms. The fourth-order valence-corrected chi connectivity index (χ4v) is 4.67. The molecule has 0 aliphatic carbocycles. The van der Waals surface area contributed by atoms with Gasteiger partial charge in [0.2, 0.25) is 11.8 Å². The average molecular weight is 498 g/mol. The molecule has 0 fully saturated rings. The van der Waals surface area contributed by atoms with Gasteiger partial charge in [-0.05, 0) is 42.2 Å². The largest absolute Gasteiger partial charge is 0.357 e. The first kappa shape index (κ1) is 25.8. The van der Waals surface area contributed by atoms with E-state index in [-0.39, 0.29) is 43.1 Å². The number of nitrogens with one attached hydrogen (secondary N) is 1. The Hall–Kier alpha value is -4.26. The number of rotatable bonds is 10. The van der Waals surface area contributed by atoms with Crippen LogP contribution in [0, 0.1) is 6.92 Å². The highest BCUT2D eigenvalue weighted by Crippen LogP contribution is 2.23. The van der Waals surface area contributed by atoms with Gasteiger partial charge in [0, 0.05) is 33.0 Å². The SMILES string of the molecule is CNC(=O)C(Cc1ccccc1)N(Cc1ccccc1C)C(=O)CCCN1C(=O)c2ccccc2C1=O. The number of likely N-dealkylation sites (N-methyl/N-ethyl adjacent to an activating group) is 1. The topological polar surface area (TPSA) is 86.8 Å². The predicted molar refractivity (Wildman–Crippen MR) is 141 cm³/mol. The average Bonchev–Trinajstić information content (AvgIpc) is 3.16. The van der Waals surface area contributed by atoms with Crippen molar-refractivity contribution in [3.8, 4) is 0 Å². The van der Waals surface area contributed by atoms with Crippen LogP contribution in [0.1, 0.15) is 50.2 Å². The second-order valence-electron chi connectivity index (χ2n) is 9.18. The predicted octanol–water partition coefficient (Wildman–Crippen LogP) is 3.76. The maximum absolute atomic E-state index is 13.6. The molecule has 0 saturated carbocycles. The molecule has 0 saturated heterocycles. The van der Waals surface area contributed by atoms with Crippen LogP contribution < -0.4 is 5.32 Å². The number of carbonyl (C=O) groups excluding carboxylic acids is 4. The van der Waals surface area contributed by atoms with Crippen LogP contribution in [-0.2, 0) is 22.6 Å². The number of imide groups is 1. The summed E-state index contributed by atoms with van der Waals surface area (Å²) in [4.78, 5) is 54.9.